The minimum Gasteiger partial charge on any atom is -0.378 e. The number of anilines is 2. The second-order valence-corrected chi connectivity index (χ2v) is 9.95. The molecule has 0 atom stereocenters. The van der Waals surface area contributed by atoms with E-state index in [4.69, 9.17) is 9.26 Å². The van der Waals surface area contributed by atoms with Crippen LogP contribution >= 0.6 is 0 Å². The van der Waals surface area contributed by atoms with Crippen LogP contribution in [0.5, 0.6) is 0 Å². The topological polar surface area (TPSA) is 108 Å². The Hall–Kier alpha value is -2.63. The van der Waals surface area contributed by atoms with Crippen molar-refractivity contribution in [3.8, 4) is 0 Å². The fourth-order valence-corrected chi connectivity index (χ4v) is 5.82. The number of urea groups is 1. The van der Waals surface area contributed by atoms with E-state index < -0.39 is 10.0 Å². The van der Waals surface area contributed by atoms with Gasteiger partial charge in [-0.3, -0.25) is 0 Å². The Morgan fingerprint density at radius 3 is 2.31 bits per heavy atom. The highest BCUT2D eigenvalue weighted by Gasteiger charge is 2.34. The highest BCUT2D eigenvalue weighted by Crippen LogP contribution is 2.26. The number of nitrogens with one attached hydrogen (secondary N) is 1. The molecule has 0 spiro atoms. The molecule has 32 heavy (non-hydrogen) atoms. The molecule has 0 unspecified atom stereocenters. The average molecular weight is 464 g/mol. The Morgan fingerprint density at radius 1 is 1.03 bits per heavy atom. The number of aryl methyl sites for hydroxylation is 3. The van der Waals surface area contributed by atoms with Gasteiger partial charge >= 0.3 is 6.03 Å². The Labute approximate surface area is 188 Å². The van der Waals surface area contributed by atoms with Crippen LogP contribution < -0.4 is 10.2 Å². The molecule has 2 amide bonds. The number of carbonyl (C=O) groups excluding carboxylic acids is 1. The summed E-state index contributed by atoms with van der Waals surface area (Å²) in [6.07, 6.45) is 0. The van der Waals surface area contributed by atoms with Gasteiger partial charge in [0.05, 0.1) is 13.2 Å². The number of morpholine rings is 1. The lowest BCUT2D eigenvalue weighted by Crippen LogP contribution is -2.51. The maximum absolute atomic E-state index is 13.0. The molecule has 2 fully saturated rings. The van der Waals surface area contributed by atoms with Crippen molar-refractivity contribution < 1.29 is 22.5 Å². The summed E-state index contributed by atoms with van der Waals surface area (Å²) < 4.78 is 37.7. The Morgan fingerprint density at radius 2 is 1.72 bits per heavy atom. The number of nitrogens with zero attached hydrogens (tertiary/aromatic N) is 4. The molecule has 2 aromatic rings. The molecule has 4 rings (SSSR count). The summed E-state index contributed by atoms with van der Waals surface area (Å²) in [6.45, 7) is 9.35. The molecular weight excluding hydrogens is 434 g/mol. The highest BCUT2D eigenvalue weighted by atomic mass is 32.2. The molecule has 1 aromatic heterocycles. The largest absolute Gasteiger partial charge is 0.378 e. The van der Waals surface area contributed by atoms with Crippen LogP contribution in [-0.2, 0) is 14.8 Å². The minimum atomic E-state index is -3.71. The van der Waals surface area contributed by atoms with E-state index >= 15 is 0 Å². The van der Waals surface area contributed by atoms with E-state index in [2.05, 4.69) is 21.4 Å². The number of rotatable bonds is 4. The number of aromatic nitrogens is 1. The molecule has 0 saturated carbocycles. The maximum Gasteiger partial charge on any atom is 0.321 e. The number of benzene rings is 1. The van der Waals surface area contributed by atoms with Crippen LogP contribution in [0.1, 0.15) is 17.0 Å². The summed E-state index contributed by atoms with van der Waals surface area (Å²) in [5.41, 5.74) is 3.18. The van der Waals surface area contributed by atoms with Gasteiger partial charge in [0.2, 0.25) is 10.0 Å². The lowest BCUT2D eigenvalue weighted by Gasteiger charge is -2.34. The van der Waals surface area contributed by atoms with Crippen LogP contribution in [0.25, 0.3) is 0 Å². The zero-order valence-corrected chi connectivity index (χ0v) is 19.4. The predicted octanol–water partition coefficient (Wildman–Crippen LogP) is 1.97. The lowest BCUT2D eigenvalue weighted by atomic mass is 10.1. The van der Waals surface area contributed by atoms with Crippen molar-refractivity contribution in [1.82, 2.24) is 14.4 Å². The summed E-state index contributed by atoms with van der Waals surface area (Å²) in [7, 11) is -3.71. The Balaban J connectivity index is 1.37. The molecule has 3 heterocycles. The van der Waals surface area contributed by atoms with Crippen molar-refractivity contribution in [2.45, 2.75) is 25.7 Å². The summed E-state index contributed by atoms with van der Waals surface area (Å²) in [4.78, 5) is 16.8. The van der Waals surface area contributed by atoms with E-state index in [0.717, 1.165) is 43.2 Å². The summed E-state index contributed by atoms with van der Waals surface area (Å²) in [5.74, 6) is 0.277. The maximum atomic E-state index is 13.0. The van der Waals surface area contributed by atoms with Crippen LogP contribution in [-0.4, -0.2) is 81.3 Å². The van der Waals surface area contributed by atoms with Gasteiger partial charge in [-0.25, -0.2) is 13.2 Å². The molecule has 1 N–H and O–H groups in total. The number of amides is 2. The van der Waals surface area contributed by atoms with Crippen molar-refractivity contribution in [2.75, 3.05) is 62.7 Å². The van der Waals surface area contributed by atoms with Crippen LogP contribution in [0.2, 0.25) is 0 Å². The third-order valence-corrected chi connectivity index (χ3v) is 8.06. The molecule has 1 aromatic carbocycles. The average Bonchev–Trinajstić information content (AvgIpc) is 3.14. The first-order chi connectivity index (χ1) is 15.3. The standard InChI is InChI=1S/C21H29N5O5S/c1-15-14-18(24-10-12-30-13-11-24)4-5-19(15)22-21(27)25-6-8-26(9-7-25)32(28,29)20-16(2)23-31-17(20)3/h4-5,14H,6-13H2,1-3H3,(H,22,27). The molecule has 174 valence electrons. The van der Waals surface area contributed by atoms with Crippen molar-refractivity contribution in [1.29, 1.82) is 0 Å². The van der Waals surface area contributed by atoms with Crippen LogP contribution in [0.15, 0.2) is 27.6 Å². The van der Waals surface area contributed by atoms with Crippen LogP contribution in [0, 0.1) is 20.8 Å². The van der Waals surface area contributed by atoms with E-state index in [0.29, 0.717) is 18.8 Å². The van der Waals surface area contributed by atoms with Crippen LogP contribution in [0.3, 0.4) is 0 Å². The smallest absolute Gasteiger partial charge is 0.321 e. The first kappa shape index (κ1) is 22.6. The second kappa shape index (κ2) is 9.08. The number of ether oxygens (including phenoxy) is 1. The van der Waals surface area contributed by atoms with Crippen molar-refractivity contribution in [2.24, 2.45) is 0 Å². The second-order valence-electron chi connectivity index (χ2n) is 8.07. The number of piperazine rings is 1. The molecular formula is C21H29N5O5S. The van der Waals surface area contributed by atoms with Gasteiger partial charge in [-0.2, -0.15) is 4.31 Å². The van der Waals surface area contributed by atoms with Gasteiger partial charge in [0, 0.05) is 50.6 Å². The third-order valence-electron chi connectivity index (χ3n) is 5.92. The summed E-state index contributed by atoms with van der Waals surface area (Å²) >= 11 is 0. The third kappa shape index (κ3) is 4.45. The van der Waals surface area contributed by atoms with Gasteiger partial charge in [-0.05, 0) is 44.5 Å². The molecule has 11 heteroatoms. The summed E-state index contributed by atoms with van der Waals surface area (Å²) in [5, 5.41) is 6.71. The van der Waals surface area contributed by atoms with Crippen LogP contribution in [0.4, 0.5) is 16.2 Å². The van der Waals surface area contributed by atoms with E-state index in [-0.39, 0.29) is 29.8 Å². The first-order valence-corrected chi connectivity index (χ1v) is 12.1. The number of carbonyl (C=O) groups is 1. The Bertz CT molecular complexity index is 1070. The molecule has 0 bridgehead atoms. The van der Waals surface area contributed by atoms with Gasteiger partial charge in [0.15, 0.2) is 5.76 Å². The molecule has 2 saturated heterocycles. The molecule has 2 aliphatic rings. The molecule has 10 nitrogen and oxygen atoms in total. The van der Waals surface area contributed by atoms with Gasteiger partial charge in [-0.15, -0.1) is 0 Å². The fourth-order valence-electron chi connectivity index (χ4n) is 4.10. The SMILES string of the molecule is Cc1cc(N2CCOCC2)ccc1NC(=O)N1CCN(S(=O)(=O)c2c(C)noc2C)CC1. The van der Waals surface area contributed by atoms with E-state index in [1.807, 2.05) is 19.1 Å². The van der Waals surface area contributed by atoms with Gasteiger partial charge in [-0.1, -0.05) is 5.16 Å². The first-order valence-electron chi connectivity index (χ1n) is 10.7. The monoisotopic (exact) mass is 463 g/mol. The van der Waals surface area contributed by atoms with Gasteiger partial charge in [0.25, 0.3) is 0 Å². The highest BCUT2D eigenvalue weighted by molar-refractivity contribution is 7.89. The zero-order chi connectivity index (χ0) is 22.9. The normalized spacial score (nSPS) is 18.1. The minimum absolute atomic E-state index is 0.117. The Kier molecular flexibility index (Phi) is 6.40. The van der Waals surface area contributed by atoms with Crippen molar-refractivity contribution in [3.05, 3.63) is 35.2 Å². The van der Waals surface area contributed by atoms with Gasteiger partial charge < -0.3 is 24.4 Å². The van der Waals surface area contributed by atoms with E-state index in [1.165, 1.54) is 4.31 Å². The predicted molar refractivity (Wildman–Crippen MR) is 120 cm³/mol. The quantitative estimate of drug-likeness (QED) is 0.739. The molecule has 0 radical (unpaired) electrons. The lowest BCUT2D eigenvalue weighted by molar-refractivity contribution is 0.122. The molecule has 0 aliphatic carbocycles. The number of hydrogen-bond acceptors (Lipinski definition) is 7. The number of hydrogen-bond donors (Lipinski definition) is 1. The fraction of sp³-hybridized carbons (Fsp3) is 0.524. The zero-order valence-electron chi connectivity index (χ0n) is 18.6. The van der Waals surface area contributed by atoms with E-state index in [1.54, 1.807) is 18.7 Å². The van der Waals surface area contributed by atoms with Gasteiger partial charge in [0.1, 0.15) is 10.6 Å². The summed E-state index contributed by atoms with van der Waals surface area (Å²) in [6, 6.07) is 5.74. The van der Waals surface area contributed by atoms with Crippen molar-refractivity contribution >= 4 is 27.4 Å². The van der Waals surface area contributed by atoms with Crippen molar-refractivity contribution in [3.63, 3.8) is 0 Å². The molecule has 2 aliphatic heterocycles. The van der Waals surface area contributed by atoms with E-state index in [9.17, 15) is 13.2 Å². The number of sulfonamides is 1.